The van der Waals surface area contributed by atoms with Crippen LogP contribution in [0.25, 0.3) is 0 Å². The minimum absolute atomic E-state index is 0.0375. The van der Waals surface area contributed by atoms with Crippen molar-refractivity contribution in [2.45, 2.75) is 6.54 Å². The van der Waals surface area contributed by atoms with Crippen LogP contribution in [0.3, 0.4) is 0 Å². The van der Waals surface area contributed by atoms with Gasteiger partial charge in [-0.3, -0.25) is 9.69 Å². The summed E-state index contributed by atoms with van der Waals surface area (Å²) in [5.74, 6) is 2.37. The van der Waals surface area contributed by atoms with Gasteiger partial charge < -0.3 is 0 Å². The Balaban J connectivity index is 1.70. The van der Waals surface area contributed by atoms with Crippen molar-refractivity contribution in [2.24, 2.45) is 0 Å². The van der Waals surface area contributed by atoms with Gasteiger partial charge in [0.25, 0.3) is 0 Å². The van der Waals surface area contributed by atoms with Gasteiger partial charge in [0, 0.05) is 42.3 Å². The lowest BCUT2D eigenvalue weighted by Gasteiger charge is -2.26. The Bertz CT molecular complexity index is 697. The topological polar surface area (TPSA) is 20.3 Å². The van der Waals surface area contributed by atoms with Crippen molar-refractivity contribution in [2.75, 3.05) is 24.6 Å². The minimum atomic E-state index is -0.0375. The van der Waals surface area contributed by atoms with E-state index in [1.165, 1.54) is 17.1 Å². The maximum atomic E-state index is 12.5. The van der Waals surface area contributed by atoms with E-state index in [-0.39, 0.29) is 5.78 Å². The maximum absolute atomic E-state index is 12.5. The molecule has 1 aliphatic heterocycles. The second kappa shape index (κ2) is 7.71. The molecule has 5 heteroatoms. The fourth-order valence-electron chi connectivity index (χ4n) is 2.58. The van der Waals surface area contributed by atoms with Gasteiger partial charge in [-0.1, -0.05) is 47.5 Å². The summed E-state index contributed by atoms with van der Waals surface area (Å²) >= 11 is 13.9. The van der Waals surface area contributed by atoms with Crippen LogP contribution in [0, 0.1) is 0 Å². The molecule has 1 fully saturated rings. The molecular formula is C18H17Cl2NOS. The number of carbonyl (C=O) groups is 1. The van der Waals surface area contributed by atoms with Crippen LogP contribution >= 0.6 is 35.0 Å². The summed E-state index contributed by atoms with van der Waals surface area (Å²) in [4.78, 5) is 14.9. The van der Waals surface area contributed by atoms with Gasteiger partial charge in [-0.15, -0.1) is 0 Å². The molecular weight excluding hydrogens is 349 g/mol. The highest BCUT2D eigenvalue weighted by atomic mass is 35.5. The van der Waals surface area contributed by atoms with Crippen molar-refractivity contribution in [1.29, 1.82) is 0 Å². The fraction of sp³-hybridized carbons (Fsp3) is 0.278. The van der Waals surface area contributed by atoms with E-state index in [9.17, 15) is 4.79 Å². The molecule has 0 atom stereocenters. The predicted octanol–water partition coefficient (Wildman–Crippen LogP) is 4.77. The second-order valence-corrected chi connectivity index (χ2v) is 7.58. The molecule has 2 aromatic carbocycles. The Morgan fingerprint density at radius 1 is 0.957 bits per heavy atom. The Hall–Kier alpha value is -1.000. The number of nitrogens with zero attached hydrogens (tertiary/aromatic N) is 1. The van der Waals surface area contributed by atoms with Crippen molar-refractivity contribution >= 4 is 40.7 Å². The van der Waals surface area contributed by atoms with E-state index in [0.717, 1.165) is 19.6 Å². The van der Waals surface area contributed by atoms with Crippen LogP contribution < -0.4 is 0 Å². The Morgan fingerprint density at radius 2 is 1.61 bits per heavy atom. The minimum Gasteiger partial charge on any atom is -0.297 e. The average molecular weight is 366 g/mol. The average Bonchev–Trinajstić information content (AvgIpc) is 2.58. The van der Waals surface area contributed by atoms with Crippen LogP contribution in [0.1, 0.15) is 21.5 Å². The zero-order valence-corrected chi connectivity index (χ0v) is 14.9. The largest absolute Gasteiger partial charge is 0.297 e. The molecule has 120 valence electrons. The molecule has 0 bridgehead atoms. The number of rotatable bonds is 4. The van der Waals surface area contributed by atoms with Crippen LogP contribution in [-0.4, -0.2) is 35.3 Å². The van der Waals surface area contributed by atoms with E-state index >= 15 is 0 Å². The van der Waals surface area contributed by atoms with Crippen molar-refractivity contribution in [1.82, 2.24) is 4.90 Å². The highest BCUT2D eigenvalue weighted by Crippen LogP contribution is 2.24. The molecule has 23 heavy (non-hydrogen) atoms. The molecule has 0 aromatic heterocycles. The molecule has 0 saturated carbocycles. The molecule has 1 aliphatic rings. The highest BCUT2D eigenvalue weighted by molar-refractivity contribution is 7.99. The summed E-state index contributed by atoms with van der Waals surface area (Å²) in [5, 5.41) is 0.857. The second-order valence-electron chi connectivity index (χ2n) is 5.54. The third-order valence-electron chi connectivity index (χ3n) is 3.91. The summed E-state index contributed by atoms with van der Waals surface area (Å²) in [6.07, 6.45) is 0. The lowest BCUT2D eigenvalue weighted by molar-refractivity contribution is 0.103. The van der Waals surface area contributed by atoms with E-state index in [1.54, 1.807) is 18.2 Å². The first-order chi connectivity index (χ1) is 11.1. The molecule has 0 N–H and O–H groups in total. The number of halogens is 2. The summed E-state index contributed by atoms with van der Waals surface area (Å²) < 4.78 is 0. The van der Waals surface area contributed by atoms with Gasteiger partial charge in [-0.2, -0.15) is 11.8 Å². The summed E-state index contributed by atoms with van der Waals surface area (Å²) in [6.45, 7) is 3.21. The number of hydrogen-bond acceptors (Lipinski definition) is 3. The number of thioether (sulfide) groups is 1. The Labute approximate surface area is 150 Å². The number of ketones is 1. The lowest BCUT2D eigenvalue weighted by Crippen LogP contribution is -2.31. The van der Waals surface area contributed by atoms with Gasteiger partial charge in [-0.25, -0.2) is 0 Å². The van der Waals surface area contributed by atoms with Crippen LogP contribution in [-0.2, 0) is 6.54 Å². The van der Waals surface area contributed by atoms with Gasteiger partial charge in [0.2, 0.25) is 0 Å². The smallest absolute Gasteiger partial charge is 0.193 e. The van der Waals surface area contributed by atoms with Crippen LogP contribution in [0.4, 0.5) is 0 Å². The standard InChI is InChI=1S/C18H17Cl2NOS/c19-16-6-5-15(11-17(16)20)18(22)14-3-1-13(2-4-14)12-21-7-9-23-10-8-21/h1-6,11H,7-10,12H2. The normalized spacial score (nSPS) is 15.6. The van der Waals surface area contributed by atoms with Gasteiger partial charge in [0.1, 0.15) is 0 Å². The van der Waals surface area contributed by atoms with Gasteiger partial charge in [0.15, 0.2) is 5.78 Å². The van der Waals surface area contributed by atoms with E-state index in [2.05, 4.69) is 4.90 Å². The first-order valence-corrected chi connectivity index (χ1v) is 9.43. The van der Waals surface area contributed by atoms with E-state index in [4.69, 9.17) is 23.2 Å². The SMILES string of the molecule is O=C(c1ccc(CN2CCSCC2)cc1)c1ccc(Cl)c(Cl)c1. The molecule has 2 aromatic rings. The predicted molar refractivity (Wildman–Crippen MR) is 98.9 cm³/mol. The van der Waals surface area contributed by atoms with Gasteiger partial charge in [-0.05, 0) is 23.8 Å². The molecule has 0 radical (unpaired) electrons. The van der Waals surface area contributed by atoms with Crippen LogP contribution in [0.2, 0.25) is 10.0 Å². The van der Waals surface area contributed by atoms with E-state index in [1.807, 2.05) is 36.0 Å². The number of benzene rings is 2. The number of carbonyl (C=O) groups excluding carboxylic acids is 1. The van der Waals surface area contributed by atoms with Crippen LogP contribution in [0.15, 0.2) is 42.5 Å². The van der Waals surface area contributed by atoms with Crippen molar-refractivity contribution < 1.29 is 4.79 Å². The monoisotopic (exact) mass is 365 g/mol. The van der Waals surface area contributed by atoms with Gasteiger partial charge in [0.05, 0.1) is 10.0 Å². The van der Waals surface area contributed by atoms with Crippen molar-refractivity contribution in [3.8, 4) is 0 Å². The summed E-state index contributed by atoms with van der Waals surface area (Å²) in [7, 11) is 0. The number of hydrogen-bond donors (Lipinski definition) is 0. The Morgan fingerprint density at radius 3 is 2.26 bits per heavy atom. The summed E-state index contributed by atoms with van der Waals surface area (Å²) in [6, 6.07) is 12.8. The molecule has 0 spiro atoms. The third kappa shape index (κ3) is 4.30. The van der Waals surface area contributed by atoms with E-state index < -0.39 is 0 Å². The quantitative estimate of drug-likeness (QED) is 0.727. The fourth-order valence-corrected chi connectivity index (χ4v) is 3.86. The maximum Gasteiger partial charge on any atom is 0.193 e. The zero-order valence-electron chi connectivity index (χ0n) is 12.6. The summed E-state index contributed by atoms with van der Waals surface area (Å²) in [5.41, 5.74) is 2.46. The third-order valence-corrected chi connectivity index (χ3v) is 5.59. The van der Waals surface area contributed by atoms with Crippen LogP contribution in [0.5, 0.6) is 0 Å². The Kier molecular flexibility index (Phi) is 5.65. The molecule has 2 nitrogen and oxygen atoms in total. The molecule has 0 amide bonds. The lowest BCUT2D eigenvalue weighted by atomic mass is 10.0. The first kappa shape index (κ1) is 16.8. The van der Waals surface area contributed by atoms with Crippen molar-refractivity contribution in [3.05, 3.63) is 69.2 Å². The van der Waals surface area contributed by atoms with E-state index in [0.29, 0.717) is 21.2 Å². The highest BCUT2D eigenvalue weighted by Gasteiger charge is 2.13. The van der Waals surface area contributed by atoms with Gasteiger partial charge >= 0.3 is 0 Å². The zero-order chi connectivity index (χ0) is 16.2. The first-order valence-electron chi connectivity index (χ1n) is 7.52. The molecule has 0 unspecified atom stereocenters. The molecule has 1 heterocycles. The molecule has 1 saturated heterocycles. The molecule has 3 rings (SSSR count). The molecule has 0 aliphatic carbocycles. The van der Waals surface area contributed by atoms with Crippen molar-refractivity contribution in [3.63, 3.8) is 0 Å².